The van der Waals surface area contributed by atoms with E-state index in [-0.39, 0.29) is 5.91 Å². The van der Waals surface area contributed by atoms with Gasteiger partial charge in [0.1, 0.15) is 0 Å². The van der Waals surface area contributed by atoms with Crippen LogP contribution in [-0.4, -0.2) is 26.7 Å². The number of carbonyl (C=O) groups excluding carboxylic acids is 1. The Morgan fingerprint density at radius 3 is 2.64 bits per heavy atom. The van der Waals surface area contributed by atoms with Crippen LogP contribution in [0, 0.1) is 6.92 Å². The van der Waals surface area contributed by atoms with E-state index in [1.165, 1.54) is 11.1 Å². The van der Waals surface area contributed by atoms with Gasteiger partial charge in [-0.05, 0) is 30.7 Å². The van der Waals surface area contributed by atoms with Crippen LogP contribution in [0.25, 0.3) is 0 Å². The van der Waals surface area contributed by atoms with E-state index in [1.54, 1.807) is 32.4 Å². The van der Waals surface area contributed by atoms with E-state index in [1.807, 2.05) is 6.07 Å². The van der Waals surface area contributed by atoms with Crippen LogP contribution in [0.5, 0.6) is 11.5 Å². The number of carbonyl (C=O) groups is 1. The number of amides is 1. The van der Waals surface area contributed by atoms with Crippen molar-refractivity contribution < 1.29 is 14.3 Å². The van der Waals surface area contributed by atoms with E-state index in [0.717, 1.165) is 6.42 Å². The van der Waals surface area contributed by atoms with Gasteiger partial charge in [0.25, 0.3) is 5.91 Å². The topological polar surface area (TPSA) is 47.6 Å². The summed E-state index contributed by atoms with van der Waals surface area (Å²) in [6, 6.07) is 13.5. The molecule has 2 rings (SSSR count). The minimum atomic E-state index is -0.147. The number of rotatable bonds is 6. The summed E-state index contributed by atoms with van der Waals surface area (Å²) in [5.41, 5.74) is 3.01. The van der Waals surface area contributed by atoms with E-state index < -0.39 is 0 Å². The molecule has 2 aromatic carbocycles. The molecule has 0 heterocycles. The smallest absolute Gasteiger partial charge is 0.251 e. The van der Waals surface area contributed by atoms with Crippen LogP contribution in [0.15, 0.2) is 42.5 Å². The molecule has 0 radical (unpaired) electrons. The molecule has 1 amide bonds. The summed E-state index contributed by atoms with van der Waals surface area (Å²) < 4.78 is 11.1. The summed E-state index contributed by atoms with van der Waals surface area (Å²) in [5.74, 6) is 1.05. The third-order valence-electron chi connectivity index (χ3n) is 3.38. The van der Waals surface area contributed by atoms with Gasteiger partial charge in [0.2, 0.25) is 0 Å². The van der Waals surface area contributed by atoms with E-state index >= 15 is 0 Å². The van der Waals surface area contributed by atoms with Crippen molar-refractivity contribution in [2.24, 2.45) is 0 Å². The second kappa shape index (κ2) is 7.50. The summed E-state index contributed by atoms with van der Waals surface area (Å²) in [7, 11) is 3.19. The average molecular weight is 299 g/mol. The van der Waals surface area contributed by atoms with Crippen molar-refractivity contribution in [3.63, 3.8) is 0 Å². The minimum Gasteiger partial charge on any atom is -0.493 e. The van der Waals surface area contributed by atoms with Crippen LogP contribution in [0.3, 0.4) is 0 Å². The van der Waals surface area contributed by atoms with Crippen molar-refractivity contribution in [2.45, 2.75) is 13.3 Å². The number of ether oxygens (including phenoxy) is 2. The van der Waals surface area contributed by atoms with Crippen molar-refractivity contribution in [1.29, 1.82) is 0 Å². The highest BCUT2D eigenvalue weighted by atomic mass is 16.5. The standard InChI is InChI=1S/C18H21NO3/c1-13-5-4-6-14(11-13)9-10-22-17-12-15(18(20)19-2)7-8-16(17)21-3/h4-8,11-12H,9-10H2,1-3H3,(H,19,20). The third-order valence-corrected chi connectivity index (χ3v) is 3.38. The molecule has 0 fully saturated rings. The van der Waals surface area contributed by atoms with E-state index in [4.69, 9.17) is 9.47 Å². The number of benzene rings is 2. The highest BCUT2D eigenvalue weighted by Gasteiger charge is 2.10. The molecular weight excluding hydrogens is 278 g/mol. The molecule has 0 aliphatic heterocycles. The Hall–Kier alpha value is -2.49. The molecule has 0 bridgehead atoms. The number of aryl methyl sites for hydroxylation is 1. The van der Waals surface area contributed by atoms with Gasteiger partial charge in [-0.25, -0.2) is 0 Å². The third kappa shape index (κ3) is 4.01. The number of hydrogen-bond acceptors (Lipinski definition) is 3. The first-order chi connectivity index (χ1) is 10.6. The maximum atomic E-state index is 11.7. The minimum absolute atomic E-state index is 0.147. The Morgan fingerprint density at radius 2 is 1.95 bits per heavy atom. The van der Waals surface area contributed by atoms with Gasteiger partial charge in [0.05, 0.1) is 13.7 Å². The van der Waals surface area contributed by atoms with Gasteiger partial charge in [-0.1, -0.05) is 29.8 Å². The van der Waals surface area contributed by atoms with Crippen molar-refractivity contribution >= 4 is 5.91 Å². The van der Waals surface area contributed by atoms with Gasteiger partial charge in [-0.15, -0.1) is 0 Å². The summed E-state index contributed by atoms with van der Waals surface area (Å²) in [6.07, 6.45) is 0.801. The summed E-state index contributed by atoms with van der Waals surface area (Å²) in [4.78, 5) is 11.7. The Kier molecular flexibility index (Phi) is 5.42. The van der Waals surface area contributed by atoms with Gasteiger partial charge in [0, 0.05) is 19.0 Å². The van der Waals surface area contributed by atoms with Gasteiger partial charge >= 0.3 is 0 Å². The molecule has 116 valence electrons. The zero-order valence-corrected chi connectivity index (χ0v) is 13.2. The van der Waals surface area contributed by atoms with E-state index in [2.05, 4.69) is 30.4 Å². The first kappa shape index (κ1) is 15.9. The lowest BCUT2D eigenvalue weighted by Gasteiger charge is -2.12. The molecule has 0 spiro atoms. The van der Waals surface area contributed by atoms with Gasteiger partial charge in [-0.2, -0.15) is 0 Å². The van der Waals surface area contributed by atoms with E-state index in [9.17, 15) is 4.79 Å². The largest absolute Gasteiger partial charge is 0.493 e. The van der Waals surface area contributed by atoms with Crippen LogP contribution in [-0.2, 0) is 6.42 Å². The first-order valence-electron chi connectivity index (χ1n) is 7.22. The lowest BCUT2D eigenvalue weighted by molar-refractivity contribution is 0.0962. The second-order valence-electron chi connectivity index (χ2n) is 5.03. The Balaban J connectivity index is 2.06. The molecule has 0 aliphatic rings. The molecule has 0 saturated heterocycles. The number of nitrogens with one attached hydrogen (secondary N) is 1. The predicted molar refractivity (Wildman–Crippen MR) is 86.8 cm³/mol. The summed E-state index contributed by atoms with van der Waals surface area (Å²) in [6.45, 7) is 2.59. The molecule has 0 atom stereocenters. The number of hydrogen-bond donors (Lipinski definition) is 1. The molecule has 2 aromatic rings. The SMILES string of the molecule is CNC(=O)c1ccc(OC)c(OCCc2cccc(C)c2)c1. The zero-order valence-electron chi connectivity index (χ0n) is 13.2. The van der Waals surface area contributed by atoms with E-state index in [0.29, 0.717) is 23.7 Å². The maximum Gasteiger partial charge on any atom is 0.251 e. The normalized spacial score (nSPS) is 10.1. The van der Waals surface area contributed by atoms with Crippen molar-refractivity contribution in [2.75, 3.05) is 20.8 Å². The number of methoxy groups -OCH3 is 1. The lowest BCUT2D eigenvalue weighted by atomic mass is 10.1. The fourth-order valence-electron chi connectivity index (χ4n) is 2.22. The molecular formula is C18H21NO3. The zero-order chi connectivity index (χ0) is 15.9. The van der Waals surface area contributed by atoms with Gasteiger partial charge < -0.3 is 14.8 Å². The highest BCUT2D eigenvalue weighted by Crippen LogP contribution is 2.28. The molecule has 0 aliphatic carbocycles. The van der Waals surface area contributed by atoms with Crippen LogP contribution < -0.4 is 14.8 Å². The van der Waals surface area contributed by atoms with Crippen LogP contribution in [0.2, 0.25) is 0 Å². The Bertz CT molecular complexity index is 653. The summed E-state index contributed by atoms with van der Waals surface area (Å²) >= 11 is 0. The fraction of sp³-hybridized carbons (Fsp3) is 0.278. The fourth-order valence-corrected chi connectivity index (χ4v) is 2.22. The molecule has 4 nitrogen and oxygen atoms in total. The summed E-state index contributed by atoms with van der Waals surface area (Å²) in [5, 5.41) is 2.60. The lowest BCUT2D eigenvalue weighted by Crippen LogP contribution is -2.17. The van der Waals surface area contributed by atoms with Crippen LogP contribution in [0.4, 0.5) is 0 Å². The molecule has 1 N–H and O–H groups in total. The molecule has 0 unspecified atom stereocenters. The molecule has 0 aromatic heterocycles. The van der Waals surface area contributed by atoms with Crippen molar-refractivity contribution in [3.8, 4) is 11.5 Å². The quantitative estimate of drug-likeness (QED) is 0.892. The maximum absolute atomic E-state index is 11.7. The predicted octanol–water partition coefficient (Wildman–Crippen LogP) is 2.98. The Morgan fingerprint density at radius 1 is 1.14 bits per heavy atom. The van der Waals surface area contributed by atoms with Gasteiger partial charge in [0.15, 0.2) is 11.5 Å². The van der Waals surface area contributed by atoms with Gasteiger partial charge in [-0.3, -0.25) is 4.79 Å². The Labute approximate surface area is 131 Å². The van der Waals surface area contributed by atoms with Crippen molar-refractivity contribution in [1.82, 2.24) is 5.32 Å². The highest BCUT2D eigenvalue weighted by molar-refractivity contribution is 5.94. The molecule has 22 heavy (non-hydrogen) atoms. The van der Waals surface area contributed by atoms with Crippen molar-refractivity contribution in [3.05, 3.63) is 59.2 Å². The monoisotopic (exact) mass is 299 g/mol. The van der Waals surface area contributed by atoms with Crippen LogP contribution in [0.1, 0.15) is 21.5 Å². The molecule has 0 saturated carbocycles. The molecule has 4 heteroatoms. The van der Waals surface area contributed by atoms with Crippen LogP contribution >= 0.6 is 0 Å². The second-order valence-corrected chi connectivity index (χ2v) is 5.03. The first-order valence-corrected chi connectivity index (χ1v) is 7.22. The average Bonchev–Trinajstić information content (AvgIpc) is 2.54.